The van der Waals surface area contributed by atoms with Crippen LogP contribution < -0.4 is 9.47 Å². The van der Waals surface area contributed by atoms with E-state index in [0.717, 1.165) is 26.8 Å². The molecule has 1 aliphatic heterocycles. The number of fused-ring (bicyclic) bond motifs is 1. The number of nitrogens with zero attached hydrogens (tertiary/aromatic N) is 2. The van der Waals surface area contributed by atoms with Gasteiger partial charge in [-0.2, -0.15) is 4.57 Å². The lowest BCUT2D eigenvalue weighted by atomic mass is 9.94. The van der Waals surface area contributed by atoms with Crippen LogP contribution in [0.15, 0.2) is 65.9 Å². The van der Waals surface area contributed by atoms with E-state index in [1.54, 1.807) is 17.6 Å². The van der Waals surface area contributed by atoms with E-state index in [-0.39, 0.29) is 12.5 Å². The predicted octanol–water partition coefficient (Wildman–Crippen LogP) is 4.94. The van der Waals surface area contributed by atoms with Gasteiger partial charge in [0.15, 0.2) is 6.04 Å². The Kier molecular flexibility index (Phi) is 5.54. The van der Waals surface area contributed by atoms with Crippen molar-refractivity contribution >= 4 is 34.0 Å². The zero-order valence-corrected chi connectivity index (χ0v) is 18.5. The number of allylic oxidation sites excluding steroid dienone is 1. The summed E-state index contributed by atoms with van der Waals surface area (Å²) in [5, 5.41) is 12.6. The number of thiazole rings is 1. The summed E-state index contributed by atoms with van der Waals surface area (Å²) in [4.78, 5) is 15.6. The largest absolute Gasteiger partial charge is 0.477 e. The number of hydrogen-bond donors (Lipinski definition) is 1. The lowest BCUT2D eigenvalue weighted by molar-refractivity contribution is -0.695. The zero-order valence-electron chi connectivity index (χ0n) is 16.9. The average Bonchev–Trinajstić information content (AvgIpc) is 3.09. The summed E-state index contributed by atoms with van der Waals surface area (Å²) in [6, 6.07) is 16.5. The van der Waals surface area contributed by atoms with Gasteiger partial charge in [0, 0.05) is 10.6 Å². The van der Waals surface area contributed by atoms with Gasteiger partial charge < -0.3 is 9.84 Å². The van der Waals surface area contributed by atoms with Gasteiger partial charge in [0.1, 0.15) is 16.1 Å². The third-order valence-corrected chi connectivity index (χ3v) is 6.89. The van der Waals surface area contributed by atoms with Crippen molar-refractivity contribution in [2.45, 2.75) is 19.9 Å². The Morgan fingerprint density at radius 1 is 1.20 bits per heavy atom. The Morgan fingerprint density at radius 3 is 2.53 bits per heavy atom. The molecule has 5 nitrogen and oxygen atoms in total. The quantitative estimate of drug-likeness (QED) is 0.460. The van der Waals surface area contributed by atoms with Gasteiger partial charge in [-0.3, -0.25) is 0 Å². The topological polar surface area (TPSA) is 53.6 Å². The van der Waals surface area contributed by atoms with E-state index in [4.69, 9.17) is 16.3 Å². The molecule has 2 heterocycles. The van der Waals surface area contributed by atoms with E-state index < -0.39 is 12.0 Å². The first kappa shape index (κ1) is 20.4. The lowest BCUT2D eigenvalue weighted by Gasteiger charge is -2.28. The number of benzene rings is 2. The number of ether oxygens (including phenoxy) is 1. The molecule has 0 radical (unpaired) electrons. The van der Waals surface area contributed by atoms with Gasteiger partial charge in [-0.25, -0.2) is 9.69 Å². The molecule has 0 fully saturated rings. The Labute approximate surface area is 184 Å². The number of aromatic hydroxyl groups is 1. The monoisotopic (exact) mass is 441 g/mol. The second kappa shape index (κ2) is 8.13. The molecule has 0 aliphatic carbocycles. The molecule has 0 spiro atoms. The molecule has 1 unspecified atom stereocenters. The van der Waals surface area contributed by atoms with Crippen LogP contribution in [-0.2, 0) is 9.53 Å². The first-order chi connectivity index (χ1) is 14.5. The van der Waals surface area contributed by atoms with Crippen LogP contribution in [0.25, 0.3) is 10.4 Å². The van der Waals surface area contributed by atoms with Crippen LogP contribution in [0.4, 0.5) is 5.13 Å². The van der Waals surface area contributed by atoms with Crippen molar-refractivity contribution in [3.63, 3.8) is 0 Å². The Hall–Kier alpha value is -2.83. The van der Waals surface area contributed by atoms with Gasteiger partial charge in [0.25, 0.3) is 0 Å². The molecule has 30 heavy (non-hydrogen) atoms. The lowest BCUT2D eigenvalue weighted by Crippen LogP contribution is -2.50. The summed E-state index contributed by atoms with van der Waals surface area (Å²) in [5.41, 5.74) is 2.86. The first-order valence-corrected chi connectivity index (χ1v) is 10.8. The maximum atomic E-state index is 13.0. The van der Waals surface area contributed by atoms with Crippen molar-refractivity contribution in [3.05, 3.63) is 76.5 Å². The van der Waals surface area contributed by atoms with E-state index in [1.807, 2.05) is 67.4 Å². The fourth-order valence-corrected chi connectivity index (χ4v) is 5.17. The highest BCUT2D eigenvalue weighted by Gasteiger charge is 2.46. The number of hydrogen-bond acceptors (Lipinski definition) is 5. The highest BCUT2D eigenvalue weighted by Crippen LogP contribution is 2.45. The standard InChI is InChI=1S/C23H21ClN2O3S/c1-4-29-22(28)18-14(2)25(3)23-26(19(18)16-12-8-9-13-17(16)24)21(27)20(30-23)15-10-6-5-7-11-15/h5-13,19H,4H2,1-3H3/p+1. The molecule has 0 saturated heterocycles. The number of rotatable bonds is 4. The van der Waals surface area contributed by atoms with Crippen LogP contribution in [0.3, 0.4) is 0 Å². The minimum atomic E-state index is -0.599. The summed E-state index contributed by atoms with van der Waals surface area (Å²) in [5.74, 6) is -0.330. The van der Waals surface area contributed by atoms with Gasteiger partial charge in [-0.05, 0) is 36.8 Å². The molecular weight excluding hydrogens is 420 g/mol. The number of halogens is 1. The van der Waals surface area contributed by atoms with Gasteiger partial charge in [-0.15, -0.1) is 0 Å². The van der Waals surface area contributed by atoms with Gasteiger partial charge >= 0.3 is 17.0 Å². The fraction of sp³-hybridized carbons (Fsp3) is 0.217. The molecular formula is C23H22ClN2O3S+. The van der Waals surface area contributed by atoms with Crippen molar-refractivity contribution in [3.8, 4) is 16.3 Å². The third-order valence-electron chi connectivity index (χ3n) is 5.27. The van der Waals surface area contributed by atoms with Crippen molar-refractivity contribution in [1.82, 2.24) is 0 Å². The van der Waals surface area contributed by atoms with Crippen LogP contribution in [0.1, 0.15) is 25.5 Å². The summed E-state index contributed by atoms with van der Waals surface area (Å²) in [6.07, 6.45) is 0. The smallest absolute Gasteiger partial charge is 0.345 e. The fourth-order valence-electron chi connectivity index (χ4n) is 3.74. The second-order valence-corrected chi connectivity index (χ2v) is 8.36. The molecule has 1 atom stereocenters. The highest BCUT2D eigenvalue weighted by atomic mass is 35.5. The molecule has 1 aliphatic rings. The zero-order chi connectivity index (χ0) is 21.4. The predicted molar refractivity (Wildman–Crippen MR) is 119 cm³/mol. The van der Waals surface area contributed by atoms with Crippen molar-refractivity contribution in [2.75, 3.05) is 18.6 Å². The molecule has 1 N–H and O–H groups in total. The van der Waals surface area contributed by atoms with Crippen molar-refractivity contribution in [2.24, 2.45) is 0 Å². The molecule has 154 valence electrons. The summed E-state index contributed by atoms with van der Waals surface area (Å²) >= 11 is 8.02. The minimum absolute atomic E-state index is 0.0901. The number of aromatic nitrogens is 1. The van der Waals surface area contributed by atoms with Crippen LogP contribution >= 0.6 is 22.9 Å². The average molecular weight is 442 g/mol. The maximum Gasteiger partial charge on any atom is 0.345 e. The van der Waals surface area contributed by atoms with Gasteiger partial charge in [-0.1, -0.05) is 60.1 Å². The molecule has 4 rings (SSSR count). The Bertz CT molecular complexity index is 1140. The van der Waals surface area contributed by atoms with Gasteiger partial charge in [0.05, 0.1) is 13.7 Å². The van der Waals surface area contributed by atoms with Crippen LogP contribution in [0.2, 0.25) is 5.02 Å². The molecule has 2 aromatic carbocycles. The molecule has 1 aromatic heterocycles. The van der Waals surface area contributed by atoms with Crippen LogP contribution in [-0.4, -0.2) is 24.7 Å². The highest BCUT2D eigenvalue weighted by molar-refractivity contribution is 7.18. The van der Waals surface area contributed by atoms with E-state index in [0.29, 0.717) is 10.6 Å². The van der Waals surface area contributed by atoms with Crippen LogP contribution in [0.5, 0.6) is 5.88 Å². The van der Waals surface area contributed by atoms with Crippen molar-refractivity contribution < 1.29 is 19.2 Å². The summed E-state index contributed by atoms with van der Waals surface area (Å²) in [6.45, 7) is 3.93. The van der Waals surface area contributed by atoms with Gasteiger partial charge in [0.2, 0.25) is 0 Å². The Balaban J connectivity index is 2.00. The number of carbonyl (C=O) groups is 1. The summed E-state index contributed by atoms with van der Waals surface area (Å²) < 4.78 is 7.15. The normalized spacial score (nSPS) is 15.9. The van der Waals surface area contributed by atoms with Crippen LogP contribution in [0, 0.1) is 0 Å². The first-order valence-electron chi connectivity index (χ1n) is 9.64. The molecule has 0 amide bonds. The van der Waals surface area contributed by atoms with Crippen molar-refractivity contribution in [1.29, 1.82) is 0 Å². The Morgan fingerprint density at radius 2 is 1.87 bits per heavy atom. The molecule has 0 saturated carbocycles. The molecule has 7 heteroatoms. The number of anilines is 1. The number of esters is 1. The van der Waals surface area contributed by atoms with E-state index >= 15 is 0 Å². The maximum absolute atomic E-state index is 13.0. The summed E-state index contributed by atoms with van der Waals surface area (Å²) in [7, 11) is 1.88. The SMILES string of the molecule is CCOC(=O)C1=C(C)N(C)c2sc(-c3ccccc3)c(O)[n+]2C1c1ccccc1Cl. The van der Waals surface area contributed by atoms with E-state index in [1.165, 1.54) is 11.3 Å². The molecule has 0 bridgehead atoms. The third kappa shape index (κ3) is 3.26. The minimum Gasteiger partial charge on any atom is -0.477 e. The number of carbonyl (C=O) groups excluding carboxylic acids is 1. The van der Waals surface area contributed by atoms with E-state index in [2.05, 4.69) is 0 Å². The van der Waals surface area contributed by atoms with E-state index in [9.17, 15) is 9.90 Å². The second-order valence-electron chi connectivity index (χ2n) is 6.98. The molecule has 3 aromatic rings.